The third-order valence-electron chi connectivity index (χ3n) is 2.33. The summed E-state index contributed by atoms with van der Waals surface area (Å²) in [7, 11) is 0. The second-order valence-electron chi connectivity index (χ2n) is 3.80. The van der Waals surface area contributed by atoms with Gasteiger partial charge in [-0.05, 0) is 24.6 Å². The molecule has 0 fully saturated rings. The first-order valence-electron chi connectivity index (χ1n) is 5.84. The summed E-state index contributed by atoms with van der Waals surface area (Å²) in [5.74, 6) is 0.695. The van der Waals surface area contributed by atoms with E-state index in [0.717, 1.165) is 30.8 Å². The first-order valence-corrected chi connectivity index (χ1v) is 5.84. The molecule has 0 saturated carbocycles. The van der Waals surface area contributed by atoms with Crippen molar-refractivity contribution in [1.29, 1.82) is 0 Å². The number of pyridine rings is 1. The lowest BCUT2D eigenvalue weighted by atomic mass is 10.2. The van der Waals surface area contributed by atoms with Crippen LogP contribution in [0.25, 0.3) is 0 Å². The minimum absolute atomic E-state index is 0.695. The average Bonchev–Trinajstić information content (AvgIpc) is 2.38. The number of nitrogens with one attached hydrogen (secondary N) is 1. The van der Waals surface area contributed by atoms with E-state index in [1.54, 1.807) is 12.4 Å². The van der Waals surface area contributed by atoms with Crippen LogP contribution in [0.4, 0.5) is 5.95 Å². The number of anilines is 1. The minimum Gasteiger partial charge on any atom is -0.354 e. The highest BCUT2D eigenvalue weighted by Crippen LogP contribution is 2.06. The van der Waals surface area contributed by atoms with Crippen molar-refractivity contribution in [2.75, 3.05) is 11.9 Å². The van der Waals surface area contributed by atoms with E-state index in [0.29, 0.717) is 5.95 Å². The summed E-state index contributed by atoms with van der Waals surface area (Å²) >= 11 is 0. The average molecular weight is 228 g/mol. The lowest BCUT2D eigenvalue weighted by molar-refractivity contribution is 0.930. The van der Waals surface area contributed by atoms with Crippen LogP contribution < -0.4 is 5.32 Å². The number of nitrogens with zero attached hydrogens (tertiary/aromatic N) is 3. The molecule has 4 heteroatoms. The topological polar surface area (TPSA) is 50.7 Å². The molecule has 0 unspecified atom stereocenters. The molecule has 0 aliphatic rings. The molecule has 0 amide bonds. The van der Waals surface area contributed by atoms with E-state index in [-0.39, 0.29) is 0 Å². The van der Waals surface area contributed by atoms with Crippen molar-refractivity contribution < 1.29 is 0 Å². The van der Waals surface area contributed by atoms with Crippen molar-refractivity contribution in [1.82, 2.24) is 15.0 Å². The van der Waals surface area contributed by atoms with Crippen LogP contribution in [0, 0.1) is 0 Å². The summed E-state index contributed by atoms with van der Waals surface area (Å²) in [5, 5.41) is 3.18. The number of rotatable bonds is 5. The zero-order valence-corrected chi connectivity index (χ0v) is 9.93. The van der Waals surface area contributed by atoms with Gasteiger partial charge in [0.05, 0.1) is 5.69 Å². The monoisotopic (exact) mass is 228 g/mol. The molecule has 1 N–H and O–H groups in total. The minimum atomic E-state index is 0.695. The quantitative estimate of drug-likeness (QED) is 0.853. The van der Waals surface area contributed by atoms with Gasteiger partial charge in [0.2, 0.25) is 5.95 Å². The predicted octanol–water partition coefficient (Wildman–Crippen LogP) is 2.28. The van der Waals surface area contributed by atoms with Crippen LogP contribution >= 0.6 is 0 Å². The van der Waals surface area contributed by atoms with E-state index in [2.05, 4.69) is 27.2 Å². The Kier molecular flexibility index (Phi) is 4.02. The fourth-order valence-electron chi connectivity index (χ4n) is 1.50. The van der Waals surface area contributed by atoms with E-state index in [4.69, 9.17) is 0 Å². The first-order chi connectivity index (χ1) is 8.38. The van der Waals surface area contributed by atoms with Gasteiger partial charge < -0.3 is 5.32 Å². The summed E-state index contributed by atoms with van der Waals surface area (Å²) < 4.78 is 0. The molecule has 2 aromatic heterocycles. The summed E-state index contributed by atoms with van der Waals surface area (Å²) in [5.41, 5.74) is 2.00. The predicted molar refractivity (Wildman–Crippen MR) is 67.9 cm³/mol. The van der Waals surface area contributed by atoms with Crippen molar-refractivity contribution in [2.24, 2.45) is 0 Å². The van der Waals surface area contributed by atoms with E-state index >= 15 is 0 Å². The Morgan fingerprint density at radius 2 is 2.00 bits per heavy atom. The van der Waals surface area contributed by atoms with Gasteiger partial charge in [-0.3, -0.25) is 4.98 Å². The Morgan fingerprint density at radius 1 is 1.06 bits per heavy atom. The smallest absolute Gasteiger partial charge is 0.222 e. The lowest BCUT2D eigenvalue weighted by Gasteiger charge is -2.04. The van der Waals surface area contributed by atoms with Crippen LogP contribution in [0.1, 0.15) is 24.7 Å². The molecule has 0 atom stereocenters. The van der Waals surface area contributed by atoms with Gasteiger partial charge in [0.25, 0.3) is 0 Å². The molecule has 0 spiro atoms. The largest absolute Gasteiger partial charge is 0.354 e. The third kappa shape index (κ3) is 3.52. The zero-order valence-electron chi connectivity index (χ0n) is 9.93. The second-order valence-corrected chi connectivity index (χ2v) is 3.80. The van der Waals surface area contributed by atoms with Crippen molar-refractivity contribution in [2.45, 2.75) is 19.8 Å². The SMILES string of the molecule is CCCNc1nccc(Cc2ccccn2)n1. The van der Waals surface area contributed by atoms with E-state index in [1.807, 2.05) is 24.3 Å². The van der Waals surface area contributed by atoms with Gasteiger partial charge in [-0.2, -0.15) is 0 Å². The molecule has 17 heavy (non-hydrogen) atoms. The molecule has 2 rings (SSSR count). The molecule has 4 nitrogen and oxygen atoms in total. The summed E-state index contributed by atoms with van der Waals surface area (Å²) in [6.45, 7) is 3.01. The molecule has 0 radical (unpaired) electrons. The summed E-state index contributed by atoms with van der Waals surface area (Å²) in [4.78, 5) is 12.9. The van der Waals surface area contributed by atoms with Gasteiger partial charge in [0.1, 0.15) is 0 Å². The fourth-order valence-corrected chi connectivity index (χ4v) is 1.50. The van der Waals surface area contributed by atoms with Crippen molar-refractivity contribution >= 4 is 5.95 Å². The molecule has 0 bridgehead atoms. The normalized spacial score (nSPS) is 10.2. The molecule has 88 valence electrons. The van der Waals surface area contributed by atoms with Gasteiger partial charge in [-0.1, -0.05) is 13.0 Å². The lowest BCUT2D eigenvalue weighted by Crippen LogP contribution is -2.06. The Labute approximate surface area is 101 Å². The molecule has 0 aliphatic carbocycles. The highest BCUT2D eigenvalue weighted by atomic mass is 15.1. The molecular weight excluding hydrogens is 212 g/mol. The maximum atomic E-state index is 4.44. The van der Waals surface area contributed by atoms with Gasteiger partial charge in [-0.15, -0.1) is 0 Å². The Bertz CT molecular complexity index is 456. The highest BCUT2D eigenvalue weighted by Gasteiger charge is 2.00. The number of hydrogen-bond acceptors (Lipinski definition) is 4. The summed E-state index contributed by atoms with van der Waals surface area (Å²) in [6.07, 6.45) is 5.38. The van der Waals surface area contributed by atoms with Crippen LogP contribution in [-0.2, 0) is 6.42 Å². The van der Waals surface area contributed by atoms with Crippen LogP contribution in [0.5, 0.6) is 0 Å². The molecule has 2 aromatic rings. The van der Waals surface area contributed by atoms with Crippen LogP contribution in [-0.4, -0.2) is 21.5 Å². The fraction of sp³-hybridized carbons (Fsp3) is 0.308. The van der Waals surface area contributed by atoms with Crippen molar-refractivity contribution in [3.8, 4) is 0 Å². The van der Waals surface area contributed by atoms with E-state index in [1.165, 1.54) is 0 Å². The summed E-state index contributed by atoms with van der Waals surface area (Å²) in [6, 6.07) is 7.82. The Morgan fingerprint density at radius 3 is 2.76 bits per heavy atom. The van der Waals surface area contributed by atoms with Gasteiger partial charge in [0.15, 0.2) is 0 Å². The van der Waals surface area contributed by atoms with Gasteiger partial charge in [-0.25, -0.2) is 9.97 Å². The zero-order chi connectivity index (χ0) is 11.9. The highest BCUT2D eigenvalue weighted by molar-refractivity contribution is 5.26. The third-order valence-corrected chi connectivity index (χ3v) is 2.33. The van der Waals surface area contributed by atoms with Crippen molar-refractivity contribution in [3.63, 3.8) is 0 Å². The maximum absolute atomic E-state index is 4.44. The van der Waals surface area contributed by atoms with E-state index < -0.39 is 0 Å². The standard InChI is InChI=1S/C13H16N4/c1-2-7-15-13-16-9-6-12(17-13)10-11-5-3-4-8-14-11/h3-6,8-9H,2,7,10H2,1H3,(H,15,16,17). The van der Waals surface area contributed by atoms with Crippen molar-refractivity contribution in [3.05, 3.63) is 48.0 Å². The van der Waals surface area contributed by atoms with Gasteiger partial charge >= 0.3 is 0 Å². The Balaban J connectivity index is 2.06. The Hall–Kier alpha value is -1.97. The molecule has 0 aliphatic heterocycles. The number of aromatic nitrogens is 3. The van der Waals surface area contributed by atoms with Crippen LogP contribution in [0.2, 0.25) is 0 Å². The second kappa shape index (κ2) is 5.94. The molecule has 2 heterocycles. The van der Waals surface area contributed by atoms with Crippen LogP contribution in [0.3, 0.4) is 0 Å². The molecule has 0 saturated heterocycles. The molecule has 0 aromatic carbocycles. The first kappa shape index (κ1) is 11.5. The molecular formula is C13H16N4. The van der Waals surface area contributed by atoms with Gasteiger partial charge in [0, 0.05) is 31.1 Å². The van der Waals surface area contributed by atoms with E-state index in [9.17, 15) is 0 Å². The van der Waals surface area contributed by atoms with Crippen LogP contribution in [0.15, 0.2) is 36.7 Å². The maximum Gasteiger partial charge on any atom is 0.222 e. The number of hydrogen-bond donors (Lipinski definition) is 1.